The van der Waals surface area contributed by atoms with E-state index >= 15 is 0 Å². The molecule has 0 amide bonds. The molecule has 1 aliphatic rings. The van der Waals surface area contributed by atoms with Crippen LogP contribution in [0.2, 0.25) is 0 Å². The molecule has 84 valence electrons. The molecule has 0 radical (unpaired) electrons. The summed E-state index contributed by atoms with van der Waals surface area (Å²) in [6, 6.07) is 0. The molecule has 3 atom stereocenters. The fraction of sp³-hybridized carbons (Fsp3) is 0.833. The molecule has 0 unspecified atom stereocenters. The van der Waals surface area contributed by atoms with E-state index in [1.807, 2.05) is 6.92 Å². The van der Waals surface area contributed by atoms with Gasteiger partial charge in [0, 0.05) is 12.5 Å². The topological polar surface area (TPSA) is 40.5 Å². The van der Waals surface area contributed by atoms with Crippen molar-refractivity contribution >= 4 is 0 Å². The van der Waals surface area contributed by atoms with Crippen LogP contribution in [0.1, 0.15) is 40.0 Å². The van der Waals surface area contributed by atoms with E-state index in [0.29, 0.717) is 11.8 Å². The largest absolute Gasteiger partial charge is 0.397 e. The van der Waals surface area contributed by atoms with Gasteiger partial charge in [-0.15, -0.1) is 0 Å². The average molecular weight is 200 g/mol. The predicted molar refractivity (Wildman–Crippen MR) is 60.1 cm³/mol. The summed E-state index contributed by atoms with van der Waals surface area (Å²) in [6.07, 6.45) is 3.19. The van der Waals surface area contributed by atoms with Crippen LogP contribution in [0.25, 0.3) is 0 Å². The quantitative estimate of drug-likeness (QED) is 0.638. The lowest BCUT2D eigenvalue weighted by molar-refractivity contribution is 0.0656. The van der Waals surface area contributed by atoms with Gasteiger partial charge in [0.25, 0.3) is 0 Å². The molecule has 0 bridgehead atoms. The van der Waals surface area contributed by atoms with Crippen LogP contribution in [0.3, 0.4) is 0 Å². The Bertz CT molecular complexity index is 166. The number of rotatable bonds is 1. The van der Waals surface area contributed by atoms with Crippen molar-refractivity contribution in [1.82, 2.24) is 0 Å². The van der Waals surface area contributed by atoms with Crippen LogP contribution in [0.4, 0.5) is 0 Å². The third-order valence-electron chi connectivity index (χ3n) is 2.71. The van der Waals surface area contributed by atoms with Crippen LogP contribution < -0.4 is 0 Å². The van der Waals surface area contributed by atoms with Crippen LogP contribution in [0.5, 0.6) is 0 Å². The van der Waals surface area contributed by atoms with E-state index < -0.39 is 0 Å². The fourth-order valence-electron chi connectivity index (χ4n) is 1.93. The fourth-order valence-corrected chi connectivity index (χ4v) is 1.93. The summed E-state index contributed by atoms with van der Waals surface area (Å²) in [6.45, 7) is 10.0. The van der Waals surface area contributed by atoms with E-state index in [-0.39, 0.29) is 12.7 Å². The monoisotopic (exact) mass is 200 g/mol. The predicted octanol–water partition coefficient (Wildman–Crippen LogP) is 2.36. The van der Waals surface area contributed by atoms with Gasteiger partial charge in [-0.1, -0.05) is 19.1 Å². The molecule has 1 aliphatic carbocycles. The van der Waals surface area contributed by atoms with Crippen LogP contribution >= 0.6 is 0 Å². The van der Waals surface area contributed by atoms with Crippen LogP contribution in [-0.2, 0) is 0 Å². The van der Waals surface area contributed by atoms with Gasteiger partial charge in [0.15, 0.2) is 0 Å². The number of hydrogen-bond donors (Lipinski definition) is 2. The molecule has 2 heteroatoms. The van der Waals surface area contributed by atoms with E-state index in [4.69, 9.17) is 5.11 Å². The molecule has 14 heavy (non-hydrogen) atoms. The Hall–Kier alpha value is -0.340. The zero-order valence-electron chi connectivity index (χ0n) is 9.66. The van der Waals surface area contributed by atoms with Gasteiger partial charge in [-0.2, -0.15) is 0 Å². The van der Waals surface area contributed by atoms with Crippen molar-refractivity contribution in [3.8, 4) is 0 Å². The van der Waals surface area contributed by atoms with Crippen molar-refractivity contribution in [1.29, 1.82) is 0 Å². The van der Waals surface area contributed by atoms with Gasteiger partial charge in [-0.3, -0.25) is 0 Å². The SMILES string of the molecule is C=C(C)[C@@H]1CC[C@@H](C)C[C@H]1O.CCO. The van der Waals surface area contributed by atoms with Crippen molar-refractivity contribution in [2.24, 2.45) is 11.8 Å². The first kappa shape index (κ1) is 13.7. The molecule has 0 aromatic heterocycles. The van der Waals surface area contributed by atoms with Crippen molar-refractivity contribution < 1.29 is 10.2 Å². The van der Waals surface area contributed by atoms with E-state index in [2.05, 4.69) is 13.5 Å². The molecule has 0 aromatic carbocycles. The van der Waals surface area contributed by atoms with Gasteiger partial charge in [0.05, 0.1) is 6.10 Å². The van der Waals surface area contributed by atoms with E-state index in [9.17, 15) is 5.11 Å². The highest BCUT2D eigenvalue weighted by molar-refractivity contribution is 5.01. The van der Waals surface area contributed by atoms with Crippen molar-refractivity contribution in [3.63, 3.8) is 0 Å². The minimum absolute atomic E-state index is 0.128. The van der Waals surface area contributed by atoms with Crippen LogP contribution in [-0.4, -0.2) is 22.9 Å². The Morgan fingerprint density at radius 2 is 1.93 bits per heavy atom. The Balaban J connectivity index is 0.000000500. The van der Waals surface area contributed by atoms with E-state index in [1.54, 1.807) is 6.92 Å². The first-order valence-electron chi connectivity index (χ1n) is 5.47. The third-order valence-corrected chi connectivity index (χ3v) is 2.71. The van der Waals surface area contributed by atoms with Crippen LogP contribution in [0, 0.1) is 11.8 Å². The standard InChI is InChI=1S/C10H18O.C2H6O/c1-7(2)9-5-4-8(3)6-10(9)11;1-2-3/h8-11H,1,4-6H2,2-3H3;3H,2H2,1H3/t8-,9+,10-;/m1./s1. The Morgan fingerprint density at radius 1 is 1.43 bits per heavy atom. The minimum atomic E-state index is -0.128. The second-order valence-electron chi connectivity index (χ2n) is 4.25. The molecule has 0 aliphatic heterocycles. The molecule has 2 nitrogen and oxygen atoms in total. The maximum absolute atomic E-state index is 9.65. The normalized spacial score (nSPS) is 31.6. The zero-order chi connectivity index (χ0) is 11.1. The van der Waals surface area contributed by atoms with Crippen molar-refractivity contribution in [2.45, 2.75) is 46.1 Å². The average Bonchev–Trinajstić information content (AvgIpc) is 2.04. The number of aliphatic hydroxyl groups excluding tert-OH is 2. The number of hydrogen-bond acceptors (Lipinski definition) is 2. The Morgan fingerprint density at radius 3 is 2.29 bits per heavy atom. The maximum Gasteiger partial charge on any atom is 0.0607 e. The van der Waals surface area contributed by atoms with Gasteiger partial charge in [-0.25, -0.2) is 0 Å². The first-order chi connectivity index (χ1) is 6.52. The third kappa shape index (κ3) is 4.77. The highest BCUT2D eigenvalue weighted by atomic mass is 16.3. The summed E-state index contributed by atoms with van der Waals surface area (Å²) in [4.78, 5) is 0. The van der Waals surface area contributed by atoms with E-state index in [0.717, 1.165) is 18.4 Å². The molecule has 1 fully saturated rings. The Kier molecular flexibility index (Phi) is 6.85. The molecule has 0 spiro atoms. The second-order valence-corrected chi connectivity index (χ2v) is 4.25. The lowest BCUT2D eigenvalue weighted by Crippen LogP contribution is -2.28. The van der Waals surface area contributed by atoms with Gasteiger partial charge in [0.2, 0.25) is 0 Å². The van der Waals surface area contributed by atoms with Crippen molar-refractivity contribution in [3.05, 3.63) is 12.2 Å². The summed E-state index contributed by atoms with van der Waals surface area (Å²) >= 11 is 0. The van der Waals surface area contributed by atoms with E-state index in [1.165, 1.54) is 6.42 Å². The minimum Gasteiger partial charge on any atom is -0.397 e. The maximum atomic E-state index is 9.65. The lowest BCUT2D eigenvalue weighted by atomic mass is 9.78. The second kappa shape index (κ2) is 7.02. The summed E-state index contributed by atoms with van der Waals surface area (Å²) in [5.74, 6) is 1.06. The van der Waals surface area contributed by atoms with Gasteiger partial charge in [0.1, 0.15) is 0 Å². The lowest BCUT2D eigenvalue weighted by Gasteiger charge is -2.31. The molecule has 0 aromatic rings. The van der Waals surface area contributed by atoms with Gasteiger partial charge >= 0.3 is 0 Å². The summed E-state index contributed by atoms with van der Waals surface area (Å²) in [5, 5.41) is 17.2. The highest BCUT2D eigenvalue weighted by Gasteiger charge is 2.26. The van der Waals surface area contributed by atoms with Crippen molar-refractivity contribution in [2.75, 3.05) is 6.61 Å². The zero-order valence-corrected chi connectivity index (χ0v) is 9.66. The molecule has 0 heterocycles. The van der Waals surface area contributed by atoms with Crippen LogP contribution in [0.15, 0.2) is 12.2 Å². The molecule has 0 saturated heterocycles. The molecule has 1 rings (SSSR count). The molecule has 1 saturated carbocycles. The summed E-state index contributed by atoms with van der Waals surface area (Å²) in [5.41, 5.74) is 1.14. The van der Waals surface area contributed by atoms with Gasteiger partial charge < -0.3 is 10.2 Å². The molecular formula is C12H24O2. The molecule has 2 N–H and O–H groups in total. The van der Waals surface area contributed by atoms with Gasteiger partial charge in [-0.05, 0) is 39.0 Å². The Labute approximate surface area is 87.7 Å². The summed E-state index contributed by atoms with van der Waals surface area (Å²) < 4.78 is 0. The smallest absolute Gasteiger partial charge is 0.0607 e. The first-order valence-corrected chi connectivity index (χ1v) is 5.47. The number of aliphatic hydroxyl groups is 2. The summed E-state index contributed by atoms with van der Waals surface area (Å²) in [7, 11) is 0. The highest BCUT2D eigenvalue weighted by Crippen LogP contribution is 2.32. The molecular weight excluding hydrogens is 176 g/mol.